The first-order chi connectivity index (χ1) is 18.1. The van der Waals surface area contributed by atoms with Crippen LogP contribution in [-0.2, 0) is 20.0 Å². The van der Waals surface area contributed by atoms with E-state index in [4.69, 9.17) is 28.3 Å². The van der Waals surface area contributed by atoms with Gasteiger partial charge >= 0.3 is 0 Å². The first-order valence-electron chi connectivity index (χ1n) is 11.4. The van der Waals surface area contributed by atoms with Crippen LogP contribution in [0.2, 0.25) is 5.02 Å². The van der Waals surface area contributed by atoms with Gasteiger partial charge in [0.1, 0.15) is 0 Å². The Bertz CT molecular complexity index is 1620. The molecule has 1 aliphatic rings. The van der Waals surface area contributed by atoms with Gasteiger partial charge in [0, 0.05) is 16.5 Å². The van der Waals surface area contributed by atoms with Gasteiger partial charge in [0.15, 0.2) is 0 Å². The molecule has 0 bridgehead atoms. The van der Waals surface area contributed by atoms with Crippen molar-refractivity contribution >= 4 is 43.3 Å². The number of rotatable bonds is 7. The number of nitrogens with two attached hydrogens (primary N) is 1. The molecule has 4 rings (SSSR count). The van der Waals surface area contributed by atoms with Crippen LogP contribution < -0.4 is 9.86 Å². The molecule has 0 aromatic heterocycles. The molecule has 0 amide bonds. The molecule has 0 unspecified atom stereocenters. The minimum atomic E-state index is -4.12. The number of guanidine groups is 1. The fourth-order valence-electron chi connectivity index (χ4n) is 3.82. The number of aliphatic imine (C=N–C) groups is 1. The molecular formula is C26H24ClN5O4S2. The van der Waals surface area contributed by atoms with Crippen LogP contribution in [-0.4, -0.2) is 52.4 Å². The maximum absolute atomic E-state index is 13.2. The summed E-state index contributed by atoms with van der Waals surface area (Å²) in [6, 6.07) is 22.5. The Morgan fingerprint density at radius 3 is 2.32 bits per heavy atom. The van der Waals surface area contributed by atoms with Crippen molar-refractivity contribution in [1.82, 2.24) is 9.73 Å². The van der Waals surface area contributed by atoms with E-state index in [9.17, 15) is 16.8 Å². The number of hydrogen-bond donors (Lipinski definition) is 2. The second-order valence-corrected chi connectivity index (χ2v) is 12.2. The largest absolute Gasteiger partial charge is 0.264 e. The lowest BCUT2D eigenvalue weighted by Crippen LogP contribution is -2.41. The zero-order valence-corrected chi connectivity index (χ0v) is 22.4. The number of benzene rings is 3. The number of sulfonamides is 2. The summed E-state index contributed by atoms with van der Waals surface area (Å²) in [4.78, 5) is 4.19. The molecule has 1 atom stereocenters. The molecule has 3 aromatic rings. The fourth-order valence-corrected chi connectivity index (χ4v) is 5.31. The van der Waals surface area contributed by atoms with Crippen LogP contribution in [0.15, 0.2) is 93.9 Å². The molecule has 9 nitrogen and oxygen atoms in total. The molecule has 0 fully saturated rings. The molecule has 12 heteroatoms. The summed E-state index contributed by atoms with van der Waals surface area (Å²) in [5.41, 5.74) is 2.95. The van der Waals surface area contributed by atoms with Gasteiger partial charge in [-0.3, -0.25) is 0 Å². The van der Waals surface area contributed by atoms with Crippen molar-refractivity contribution in [1.29, 1.82) is 0 Å². The maximum Gasteiger partial charge on any atom is 0.264 e. The van der Waals surface area contributed by atoms with Crippen molar-refractivity contribution < 1.29 is 16.8 Å². The molecule has 0 saturated carbocycles. The summed E-state index contributed by atoms with van der Waals surface area (Å²) in [5, 5.41) is 11.8. The van der Waals surface area contributed by atoms with Crippen molar-refractivity contribution in [2.24, 2.45) is 15.2 Å². The molecule has 3 aromatic carbocycles. The van der Waals surface area contributed by atoms with Gasteiger partial charge in [0.25, 0.3) is 10.0 Å². The van der Waals surface area contributed by atoms with Gasteiger partial charge in [0.2, 0.25) is 16.0 Å². The topological polar surface area (TPSA) is 134 Å². The number of nitrogens with one attached hydrogen (secondary N) is 1. The molecule has 1 aliphatic heterocycles. The summed E-state index contributed by atoms with van der Waals surface area (Å²) in [5.74, 6) is 1.59. The average Bonchev–Trinajstić information content (AvgIpc) is 3.34. The van der Waals surface area contributed by atoms with Crippen LogP contribution >= 0.6 is 11.6 Å². The normalized spacial score (nSPS) is 16.1. The Balaban J connectivity index is 1.73. The predicted octanol–water partition coefficient (Wildman–Crippen LogP) is 2.75. The van der Waals surface area contributed by atoms with E-state index in [2.05, 4.69) is 15.6 Å². The quantitative estimate of drug-likeness (QED) is 0.256. The van der Waals surface area contributed by atoms with Gasteiger partial charge in [-0.25, -0.2) is 36.7 Å². The van der Waals surface area contributed by atoms with Crippen molar-refractivity contribution in [3.05, 3.63) is 101 Å². The van der Waals surface area contributed by atoms with E-state index in [0.29, 0.717) is 16.3 Å². The van der Waals surface area contributed by atoms with E-state index in [1.807, 2.05) is 42.5 Å². The van der Waals surface area contributed by atoms with Gasteiger partial charge in [-0.15, -0.1) is 6.42 Å². The standard InChI is InChI=1S/C26H24ClN5O4S2/c1-2-19-8-14-23(15-9-19)38(35,36)31-26(29-16-17-37(28,33)34)32-18-24(20-6-4-3-5-7-20)25(30-32)21-10-12-22(27)13-11-21/h1,3-15,24H,16-18H2,(H,29,31)(H2,28,33,34)/t24-/m1/s1. The molecule has 0 spiro atoms. The Morgan fingerprint density at radius 2 is 1.71 bits per heavy atom. The molecule has 38 heavy (non-hydrogen) atoms. The van der Waals surface area contributed by atoms with Crippen LogP contribution in [0.1, 0.15) is 22.6 Å². The molecule has 0 radical (unpaired) electrons. The number of halogens is 1. The molecule has 3 N–H and O–H groups in total. The van der Waals surface area contributed by atoms with Gasteiger partial charge in [0.05, 0.1) is 29.4 Å². The third kappa shape index (κ3) is 6.79. The predicted molar refractivity (Wildman–Crippen MR) is 149 cm³/mol. The van der Waals surface area contributed by atoms with Crippen molar-refractivity contribution in [3.8, 4) is 12.3 Å². The van der Waals surface area contributed by atoms with Crippen molar-refractivity contribution in [2.45, 2.75) is 10.8 Å². The number of hydrazone groups is 1. The first-order valence-corrected chi connectivity index (χ1v) is 14.9. The van der Waals surface area contributed by atoms with E-state index < -0.39 is 25.8 Å². The van der Waals surface area contributed by atoms with Crippen molar-refractivity contribution in [2.75, 3.05) is 18.8 Å². The van der Waals surface area contributed by atoms with E-state index in [0.717, 1.165) is 11.1 Å². The molecule has 1 heterocycles. The molecule has 0 saturated heterocycles. The molecule has 196 valence electrons. The van der Waals surface area contributed by atoms with E-state index in [1.165, 1.54) is 29.3 Å². The summed E-state index contributed by atoms with van der Waals surface area (Å²) >= 11 is 6.08. The van der Waals surface area contributed by atoms with E-state index in [1.54, 1.807) is 12.1 Å². The average molecular weight is 570 g/mol. The highest BCUT2D eigenvalue weighted by atomic mass is 35.5. The zero-order chi connectivity index (χ0) is 27.3. The minimum Gasteiger partial charge on any atom is -0.250 e. The van der Waals surface area contributed by atoms with Crippen LogP contribution in [0.5, 0.6) is 0 Å². The van der Waals surface area contributed by atoms with Crippen LogP contribution in [0.4, 0.5) is 0 Å². The number of terminal acetylenes is 1. The molecule has 0 aliphatic carbocycles. The van der Waals surface area contributed by atoms with Gasteiger partial charge in [-0.1, -0.05) is 60.0 Å². The minimum absolute atomic E-state index is 0.0450. The summed E-state index contributed by atoms with van der Waals surface area (Å²) in [6.45, 7) is -0.0280. The maximum atomic E-state index is 13.2. The Morgan fingerprint density at radius 1 is 1.05 bits per heavy atom. The highest BCUT2D eigenvalue weighted by Gasteiger charge is 2.33. The second-order valence-electron chi connectivity index (χ2n) is 8.38. The number of primary sulfonamides is 1. The Hall–Kier alpha value is -3.69. The summed E-state index contributed by atoms with van der Waals surface area (Å²) in [6.07, 6.45) is 5.37. The smallest absolute Gasteiger partial charge is 0.250 e. The Labute approximate surface area is 227 Å². The lowest BCUT2D eigenvalue weighted by atomic mass is 9.91. The highest BCUT2D eigenvalue weighted by Crippen LogP contribution is 2.29. The Kier molecular flexibility index (Phi) is 8.18. The van der Waals surface area contributed by atoms with Gasteiger partial charge in [-0.2, -0.15) is 5.10 Å². The lowest BCUT2D eigenvalue weighted by molar-refractivity contribution is 0.461. The third-order valence-electron chi connectivity index (χ3n) is 5.69. The summed E-state index contributed by atoms with van der Waals surface area (Å²) < 4.78 is 51.9. The van der Waals surface area contributed by atoms with Crippen LogP contribution in [0.25, 0.3) is 0 Å². The second kappa shape index (κ2) is 11.4. The first kappa shape index (κ1) is 27.3. The van der Waals surface area contributed by atoms with E-state index >= 15 is 0 Å². The number of hydrogen-bond acceptors (Lipinski definition) is 6. The summed E-state index contributed by atoms with van der Waals surface area (Å²) in [7, 11) is -7.94. The van der Waals surface area contributed by atoms with Gasteiger partial charge in [-0.05, 0) is 47.5 Å². The zero-order valence-electron chi connectivity index (χ0n) is 20.0. The van der Waals surface area contributed by atoms with Crippen molar-refractivity contribution in [3.63, 3.8) is 0 Å². The number of nitrogens with zero attached hydrogens (tertiary/aromatic N) is 3. The van der Waals surface area contributed by atoms with E-state index in [-0.39, 0.29) is 29.9 Å². The monoisotopic (exact) mass is 569 g/mol. The highest BCUT2D eigenvalue weighted by molar-refractivity contribution is 7.90. The lowest BCUT2D eigenvalue weighted by Gasteiger charge is -2.20. The third-order valence-corrected chi connectivity index (χ3v) is 8.04. The van der Waals surface area contributed by atoms with Crippen LogP contribution in [0.3, 0.4) is 0 Å². The van der Waals surface area contributed by atoms with Crippen LogP contribution in [0, 0.1) is 12.3 Å². The SMILES string of the molecule is C#Cc1ccc(S(=O)(=O)NC(=NCCS(N)(=O)=O)N2C[C@H](c3ccccc3)C(c3ccc(Cl)cc3)=N2)cc1. The van der Waals surface area contributed by atoms with Gasteiger partial charge < -0.3 is 0 Å². The fraction of sp³-hybridized carbons (Fsp3) is 0.154. The molecular weight excluding hydrogens is 546 g/mol.